The minimum atomic E-state index is 0.362. The van der Waals surface area contributed by atoms with Gasteiger partial charge in [-0.1, -0.05) is 52.0 Å². The van der Waals surface area contributed by atoms with Crippen LogP contribution in [0.3, 0.4) is 0 Å². The van der Waals surface area contributed by atoms with E-state index < -0.39 is 0 Å². The Morgan fingerprint density at radius 3 is 2.07 bits per heavy atom. The van der Waals surface area contributed by atoms with Gasteiger partial charge in [0.25, 0.3) is 0 Å². The number of hydrogen-bond acceptors (Lipinski definition) is 1. The molecule has 84 valence electrons. The van der Waals surface area contributed by atoms with Gasteiger partial charge in [-0.25, -0.2) is 0 Å². The summed E-state index contributed by atoms with van der Waals surface area (Å²) in [6.45, 7) is 9.69. The summed E-state index contributed by atoms with van der Waals surface area (Å²) in [6.07, 6.45) is 1.13. The van der Waals surface area contributed by atoms with Gasteiger partial charge < -0.3 is 5.73 Å². The molecule has 0 saturated heterocycles. The second-order valence-electron chi connectivity index (χ2n) is 5.62. The van der Waals surface area contributed by atoms with Crippen LogP contribution in [0.5, 0.6) is 0 Å². The number of nitrogens with two attached hydrogens (primary N) is 1. The molecule has 0 heterocycles. The highest BCUT2D eigenvalue weighted by atomic mass is 14.5. The lowest BCUT2D eigenvalue weighted by Gasteiger charge is -2.18. The number of benzene rings is 1. The molecule has 1 aromatic carbocycles. The first kappa shape index (κ1) is 12.3. The Hall–Kier alpha value is -0.820. The normalized spacial score (nSPS) is 13.9. The quantitative estimate of drug-likeness (QED) is 0.804. The van der Waals surface area contributed by atoms with Crippen molar-refractivity contribution in [2.45, 2.75) is 40.0 Å². The Labute approximate surface area is 93.7 Å². The largest absolute Gasteiger partial charge is 0.330 e. The van der Waals surface area contributed by atoms with Gasteiger partial charge in [0, 0.05) is 0 Å². The Bertz CT molecular complexity index is 292. The standard InChI is InChI=1S/C14H23N/c1-11(10-15)13-7-5-12(6-8-13)9-14(2,3)4/h5-8,11H,9-10,15H2,1-4H3. The molecule has 1 atom stereocenters. The van der Waals surface area contributed by atoms with Gasteiger partial charge in [0.05, 0.1) is 0 Å². The summed E-state index contributed by atoms with van der Waals surface area (Å²) in [5.74, 6) is 0.466. The van der Waals surface area contributed by atoms with Crippen LogP contribution in [0, 0.1) is 5.41 Å². The fourth-order valence-corrected chi connectivity index (χ4v) is 1.71. The zero-order valence-electron chi connectivity index (χ0n) is 10.4. The molecule has 0 fully saturated rings. The third kappa shape index (κ3) is 4.05. The second kappa shape index (κ2) is 4.80. The van der Waals surface area contributed by atoms with E-state index in [1.807, 2.05) is 0 Å². The molecule has 0 amide bonds. The first-order valence-electron chi connectivity index (χ1n) is 5.71. The molecule has 2 N–H and O–H groups in total. The molecule has 1 aromatic rings. The van der Waals surface area contributed by atoms with Crippen LogP contribution >= 0.6 is 0 Å². The predicted molar refractivity (Wildman–Crippen MR) is 67.1 cm³/mol. The molecule has 0 saturated carbocycles. The van der Waals surface area contributed by atoms with Crippen molar-refractivity contribution in [3.05, 3.63) is 35.4 Å². The fraction of sp³-hybridized carbons (Fsp3) is 0.571. The van der Waals surface area contributed by atoms with Gasteiger partial charge in [-0.05, 0) is 35.4 Å². The van der Waals surface area contributed by atoms with Crippen molar-refractivity contribution in [1.82, 2.24) is 0 Å². The maximum Gasteiger partial charge on any atom is -0.00109 e. The van der Waals surface area contributed by atoms with Crippen LogP contribution in [0.4, 0.5) is 0 Å². The van der Waals surface area contributed by atoms with Crippen LogP contribution < -0.4 is 5.73 Å². The first-order chi connectivity index (χ1) is 6.92. The van der Waals surface area contributed by atoms with E-state index in [1.54, 1.807) is 0 Å². The predicted octanol–water partition coefficient (Wildman–Crippen LogP) is 3.34. The van der Waals surface area contributed by atoms with Crippen LogP contribution in [-0.4, -0.2) is 6.54 Å². The Kier molecular flexibility index (Phi) is 3.92. The third-order valence-electron chi connectivity index (χ3n) is 2.64. The lowest BCUT2D eigenvalue weighted by molar-refractivity contribution is 0.411. The molecule has 0 aliphatic carbocycles. The average Bonchev–Trinajstić information content (AvgIpc) is 2.15. The van der Waals surface area contributed by atoms with Gasteiger partial charge in [-0.3, -0.25) is 0 Å². The van der Waals surface area contributed by atoms with Crippen molar-refractivity contribution in [3.8, 4) is 0 Å². The molecule has 1 heteroatoms. The Morgan fingerprint density at radius 2 is 1.67 bits per heavy atom. The van der Waals surface area contributed by atoms with Gasteiger partial charge in [-0.2, -0.15) is 0 Å². The highest BCUT2D eigenvalue weighted by Gasteiger charge is 2.11. The Morgan fingerprint density at radius 1 is 1.13 bits per heavy atom. The van der Waals surface area contributed by atoms with Gasteiger partial charge in [0.1, 0.15) is 0 Å². The van der Waals surface area contributed by atoms with Crippen LogP contribution in [0.25, 0.3) is 0 Å². The molecule has 1 nitrogen and oxygen atoms in total. The van der Waals surface area contributed by atoms with E-state index >= 15 is 0 Å². The van der Waals surface area contributed by atoms with E-state index in [2.05, 4.69) is 52.0 Å². The van der Waals surface area contributed by atoms with Crippen LogP contribution in [0.2, 0.25) is 0 Å². The van der Waals surface area contributed by atoms with E-state index in [0.717, 1.165) is 13.0 Å². The summed E-state index contributed by atoms with van der Waals surface area (Å²) in [7, 11) is 0. The summed E-state index contributed by atoms with van der Waals surface area (Å²) < 4.78 is 0. The van der Waals surface area contributed by atoms with Crippen molar-refractivity contribution in [2.75, 3.05) is 6.54 Å². The van der Waals surface area contributed by atoms with E-state index in [1.165, 1.54) is 11.1 Å². The molecule has 15 heavy (non-hydrogen) atoms. The summed E-state index contributed by atoms with van der Waals surface area (Å²) in [5.41, 5.74) is 8.76. The first-order valence-corrected chi connectivity index (χ1v) is 5.71. The summed E-state index contributed by atoms with van der Waals surface area (Å²) in [4.78, 5) is 0. The van der Waals surface area contributed by atoms with Gasteiger partial charge in [-0.15, -0.1) is 0 Å². The van der Waals surface area contributed by atoms with E-state index in [-0.39, 0.29) is 0 Å². The minimum Gasteiger partial charge on any atom is -0.330 e. The van der Waals surface area contributed by atoms with Crippen molar-refractivity contribution in [3.63, 3.8) is 0 Å². The van der Waals surface area contributed by atoms with Gasteiger partial charge in [0.15, 0.2) is 0 Å². The molecule has 0 spiro atoms. The molecule has 1 rings (SSSR count). The van der Waals surface area contributed by atoms with Gasteiger partial charge >= 0.3 is 0 Å². The molecular weight excluding hydrogens is 182 g/mol. The summed E-state index contributed by atoms with van der Waals surface area (Å²) in [6, 6.07) is 8.87. The summed E-state index contributed by atoms with van der Waals surface area (Å²) in [5, 5.41) is 0. The minimum absolute atomic E-state index is 0.362. The maximum atomic E-state index is 5.64. The molecule has 0 aliphatic heterocycles. The lowest BCUT2D eigenvalue weighted by atomic mass is 9.87. The average molecular weight is 205 g/mol. The lowest BCUT2D eigenvalue weighted by Crippen LogP contribution is -2.10. The van der Waals surface area contributed by atoms with Crippen LogP contribution in [0.15, 0.2) is 24.3 Å². The SMILES string of the molecule is CC(CN)c1ccc(CC(C)(C)C)cc1. The van der Waals surface area contributed by atoms with Gasteiger partial charge in [0.2, 0.25) is 0 Å². The molecular formula is C14H23N. The highest BCUT2D eigenvalue weighted by Crippen LogP contribution is 2.22. The maximum absolute atomic E-state index is 5.64. The summed E-state index contributed by atoms with van der Waals surface area (Å²) >= 11 is 0. The smallest absolute Gasteiger partial charge is 0.00109 e. The number of rotatable bonds is 3. The third-order valence-corrected chi connectivity index (χ3v) is 2.64. The number of hydrogen-bond donors (Lipinski definition) is 1. The fourth-order valence-electron chi connectivity index (χ4n) is 1.71. The van der Waals surface area contributed by atoms with Crippen LogP contribution in [0.1, 0.15) is 44.7 Å². The van der Waals surface area contributed by atoms with E-state index in [9.17, 15) is 0 Å². The van der Waals surface area contributed by atoms with E-state index in [0.29, 0.717) is 11.3 Å². The van der Waals surface area contributed by atoms with Crippen LogP contribution in [-0.2, 0) is 6.42 Å². The highest BCUT2D eigenvalue weighted by molar-refractivity contribution is 5.25. The van der Waals surface area contributed by atoms with Crippen molar-refractivity contribution >= 4 is 0 Å². The molecule has 0 radical (unpaired) electrons. The second-order valence-corrected chi connectivity index (χ2v) is 5.62. The monoisotopic (exact) mass is 205 g/mol. The molecule has 1 unspecified atom stereocenters. The molecule has 0 aliphatic rings. The van der Waals surface area contributed by atoms with E-state index in [4.69, 9.17) is 5.73 Å². The zero-order valence-corrected chi connectivity index (χ0v) is 10.4. The van der Waals surface area contributed by atoms with Crippen molar-refractivity contribution in [1.29, 1.82) is 0 Å². The Balaban J connectivity index is 2.72. The zero-order chi connectivity index (χ0) is 11.5. The topological polar surface area (TPSA) is 26.0 Å². The molecule has 0 aromatic heterocycles. The van der Waals surface area contributed by atoms with Crippen molar-refractivity contribution < 1.29 is 0 Å². The molecule has 0 bridgehead atoms. The van der Waals surface area contributed by atoms with Crippen molar-refractivity contribution in [2.24, 2.45) is 11.1 Å².